The van der Waals surface area contributed by atoms with Crippen molar-refractivity contribution in [1.82, 2.24) is 10.3 Å². The lowest BCUT2D eigenvalue weighted by atomic mass is 10.1. The molecule has 2 heterocycles. The van der Waals surface area contributed by atoms with Crippen molar-refractivity contribution in [2.75, 3.05) is 13.1 Å². The van der Waals surface area contributed by atoms with Crippen molar-refractivity contribution in [1.29, 1.82) is 0 Å². The number of hydrogen-bond donors (Lipinski definition) is 1. The van der Waals surface area contributed by atoms with Crippen LogP contribution >= 0.6 is 11.3 Å². The highest BCUT2D eigenvalue weighted by atomic mass is 32.1. The average Bonchev–Trinajstić information content (AvgIpc) is 2.69. The first kappa shape index (κ1) is 9.12. The Balaban J connectivity index is 1.72. The van der Waals surface area contributed by atoms with Gasteiger partial charge in [0.15, 0.2) is 0 Å². The van der Waals surface area contributed by atoms with Gasteiger partial charge in [0.1, 0.15) is 5.01 Å². The van der Waals surface area contributed by atoms with Gasteiger partial charge < -0.3 is 10.1 Å². The lowest BCUT2D eigenvalue weighted by Gasteiger charge is -2.22. The van der Waals surface area contributed by atoms with Gasteiger partial charge in [-0.15, -0.1) is 11.3 Å². The standard InChI is InChI=1S/C9H14N2OS/c1-3-10-4-2-8(1)12-7-9-11-5-6-13-9/h5-6,8,10H,1-4,7H2. The zero-order valence-corrected chi connectivity index (χ0v) is 8.35. The molecule has 1 saturated heterocycles. The summed E-state index contributed by atoms with van der Waals surface area (Å²) in [5, 5.41) is 6.38. The van der Waals surface area contributed by atoms with Crippen LogP contribution in [-0.4, -0.2) is 24.2 Å². The van der Waals surface area contributed by atoms with E-state index in [9.17, 15) is 0 Å². The molecular formula is C9H14N2OS. The Morgan fingerprint density at radius 2 is 2.38 bits per heavy atom. The Labute approximate surface area is 82.1 Å². The fraction of sp³-hybridized carbons (Fsp3) is 0.667. The minimum absolute atomic E-state index is 0.435. The van der Waals surface area contributed by atoms with Crippen molar-refractivity contribution in [3.05, 3.63) is 16.6 Å². The van der Waals surface area contributed by atoms with Gasteiger partial charge in [-0.05, 0) is 25.9 Å². The van der Waals surface area contributed by atoms with Gasteiger partial charge in [0.05, 0.1) is 12.7 Å². The molecule has 2 rings (SSSR count). The van der Waals surface area contributed by atoms with E-state index in [1.165, 1.54) is 0 Å². The maximum absolute atomic E-state index is 5.74. The number of nitrogens with zero attached hydrogens (tertiary/aromatic N) is 1. The summed E-state index contributed by atoms with van der Waals surface area (Å²) in [6.07, 6.45) is 4.52. The molecule has 72 valence electrons. The average molecular weight is 198 g/mol. The van der Waals surface area contributed by atoms with Crippen molar-refractivity contribution < 1.29 is 4.74 Å². The van der Waals surface area contributed by atoms with Crippen molar-refractivity contribution in [3.8, 4) is 0 Å². The van der Waals surface area contributed by atoms with Crippen LogP contribution in [0.15, 0.2) is 11.6 Å². The van der Waals surface area contributed by atoms with Crippen molar-refractivity contribution in [2.24, 2.45) is 0 Å². The van der Waals surface area contributed by atoms with E-state index in [2.05, 4.69) is 10.3 Å². The fourth-order valence-electron chi connectivity index (χ4n) is 1.48. The SMILES string of the molecule is c1csc(COC2CCNCC2)n1. The highest BCUT2D eigenvalue weighted by Gasteiger charge is 2.13. The third-order valence-corrected chi connectivity index (χ3v) is 2.97. The van der Waals surface area contributed by atoms with Gasteiger partial charge in [-0.3, -0.25) is 0 Å². The molecule has 0 atom stereocenters. The van der Waals surface area contributed by atoms with Crippen molar-refractivity contribution in [3.63, 3.8) is 0 Å². The van der Waals surface area contributed by atoms with Crippen LogP contribution < -0.4 is 5.32 Å². The molecule has 1 aliphatic rings. The Kier molecular flexibility index (Phi) is 3.29. The van der Waals surface area contributed by atoms with Crippen LogP contribution in [0.3, 0.4) is 0 Å². The molecule has 0 radical (unpaired) electrons. The van der Waals surface area contributed by atoms with Gasteiger partial charge in [-0.25, -0.2) is 4.98 Å². The second kappa shape index (κ2) is 4.69. The van der Waals surface area contributed by atoms with E-state index in [1.54, 1.807) is 11.3 Å². The molecule has 1 aliphatic heterocycles. The maximum Gasteiger partial charge on any atom is 0.118 e. The summed E-state index contributed by atoms with van der Waals surface area (Å²) in [4.78, 5) is 4.18. The molecule has 0 unspecified atom stereocenters. The first-order chi connectivity index (χ1) is 6.45. The predicted octanol–water partition coefficient (Wildman–Crippen LogP) is 1.41. The molecule has 0 spiro atoms. The third kappa shape index (κ3) is 2.76. The molecule has 13 heavy (non-hydrogen) atoms. The van der Waals surface area contributed by atoms with Gasteiger partial charge in [0, 0.05) is 11.6 Å². The zero-order valence-electron chi connectivity index (χ0n) is 7.53. The maximum atomic E-state index is 5.74. The fourth-order valence-corrected chi connectivity index (χ4v) is 2.01. The van der Waals surface area contributed by atoms with Gasteiger partial charge in [-0.2, -0.15) is 0 Å². The summed E-state index contributed by atoms with van der Waals surface area (Å²) in [6, 6.07) is 0. The minimum Gasteiger partial charge on any atom is -0.371 e. The third-order valence-electron chi connectivity index (χ3n) is 2.21. The number of aromatic nitrogens is 1. The van der Waals surface area contributed by atoms with E-state index in [0.717, 1.165) is 30.9 Å². The topological polar surface area (TPSA) is 34.1 Å². The van der Waals surface area contributed by atoms with E-state index < -0.39 is 0 Å². The molecule has 0 amide bonds. The number of piperidine rings is 1. The van der Waals surface area contributed by atoms with E-state index in [1.807, 2.05) is 11.6 Å². The molecule has 4 heteroatoms. The van der Waals surface area contributed by atoms with Crippen LogP contribution in [0, 0.1) is 0 Å². The zero-order chi connectivity index (χ0) is 8.93. The minimum atomic E-state index is 0.435. The molecule has 0 saturated carbocycles. The first-order valence-electron chi connectivity index (χ1n) is 4.66. The van der Waals surface area contributed by atoms with Crippen LogP contribution in [0.25, 0.3) is 0 Å². The molecule has 1 N–H and O–H groups in total. The molecule has 0 bridgehead atoms. The number of thiazole rings is 1. The number of hydrogen-bond acceptors (Lipinski definition) is 4. The van der Waals surface area contributed by atoms with E-state index >= 15 is 0 Å². The summed E-state index contributed by atoms with van der Waals surface area (Å²) in [6.45, 7) is 2.85. The summed E-state index contributed by atoms with van der Waals surface area (Å²) >= 11 is 1.66. The summed E-state index contributed by atoms with van der Waals surface area (Å²) in [5.41, 5.74) is 0. The Bertz CT molecular complexity index is 232. The van der Waals surface area contributed by atoms with E-state index in [4.69, 9.17) is 4.74 Å². The quantitative estimate of drug-likeness (QED) is 0.797. The van der Waals surface area contributed by atoms with Gasteiger partial charge in [-0.1, -0.05) is 0 Å². The highest BCUT2D eigenvalue weighted by molar-refractivity contribution is 7.09. The van der Waals surface area contributed by atoms with Crippen LogP contribution in [0.2, 0.25) is 0 Å². The van der Waals surface area contributed by atoms with E-state index in [0.29, 0.717) is 12.7 Å². The first-order valence-corrected chi connectivity index (χ1v) is 5.54. The van der Waals surface area contributed by atoms with Crippen molar-refractivity contribution >= 4 is 11.3 Å². The Morgan fingerprint density at radius 3 is 3.08 bits per heavy atom. The van der Waals surface area contributed by atoms with Crippen LogP contribution in [0.1, 0.15) is 17.8 Å². The molecule has 1 aromatic rings. The van der Waals surface area contributed by atoms with Gasteiger partial charge in [0.25, 0.3) is 0 Å². The normalized spacial score (nSPS) is 19.1. The second-order valence-electron chi connectivity index (χ2n) is 3.19. The highest BCUT2D eigenvalue weighted by Crippen LogP contribution is 2.12. The smallest absolute Gasteiger partial charge is 0.118 e. The molecule has 0 aliphatic carbocycles. The van der Waals surface area contributed by atoms with Crippen molar-refractivity contribution in [2.45, 2.75) is 25.6 Å². The summed E-state index contributed by atoms with van der Waals surface area (Å²) in [7, 11) is 0. The molecule has 1 aromatic heterocycles. The Hall–Kier alpha value is -0.450. The summed E-state index contributed by atoms with van der Waals surface area (Å²) in [5.74, 6) is 0. The monoisotopic (exact) mass is 198 g/mol. The van der Waals surface area contributed by atoms with Crippen LogP contribution in [0.5, 0.6) is 0 Å². The predicted molar refractivity (Wildman–Crippen MR) is 52.8 cm³/mol. The molecule has 3 nitrogen and oxygen atoms in total. The van der Waals surface area contributed by atoms with Crippen LogP contribution in [-0.2, 0) is 11.3 Å². The largest absolute Gasteiger partial charge is 0.371 e. The number of rotatable bonds is 3. The van der Waals surface area contributed by atoms with Gasteiger partial charge >= 0.3 is 0 Å². The van der Waals surface area contributed by atoms with Gasteiger partial charge in [0.2, 0.25) is 0 Å². The number of ether oxygens (including phenoxy) is 1. The second-order valence-corrected chi connectivity index (χ2v) is 4.17. The lowest BCUT2D eigenvalue weighted by molar-refractivity contribution is 0.0211. The number of nitrogens with one attached hydrogen (secondary N) is 1. The van der Waals surface area contributed by atoms with Crippen LogP contribution in [0.4, 0.5) is 0 Å². The molecular weight excluding hydrogens is 184 g/mol. The molecule has 1 fully saturated rings. The molecule has 0 aromatic carbocycles. The van der Waals surface area contributed by atoms with E-state index in [-0.39, 0.29) is 0 Å². The lowest BCUT2D eigenvalue weighted by Crippen LogP contribution is -2.32. The summed E-state index contributed by atoms with van der Waals surface area (Å²) < 4.78 is 5.74. The Morgan fingerprint density at radius 1 is 1.54 bits per heavy atom.